The minimum absolute atomic E-state index is 0.173. The molecule has 2 N–H and O–H groups in total. The maximum absolute atomic E-state index is 13.5. The minimum atomic E-state index is -0.416. The average molecular weight is 295 g/mol. The van der Waals surface area contributed by atoms with Crippen LogP contribution in [-0.2, 0) is 6.54 Å². The molecule has 0 amide bonds. The summed E-state index contributed by atoms with van der Waals surface area (Å²) in [4.78, 5) is 0. The molecule has 1 fully saturated rings. The highest BCUT2D eigenvalue weighted by atomic mass is 19.1. The van der Waals surface area contributed by atoms with Crippen LogP contribution < -0.4 is 10.1 Å². The Labute approximate surface area is 126 Å². The van der Waals surface area contributed by atoms with Gasteiger partial charge in [0.1, 0.15) is 17.7 Å². The van der Waals surface area contributed by atoms with Gasteiger partial charge in [0.15, 0.2) is 0 Å². The van der Waals surface area contributed by atoms with Crippen molar-refractivity contribution in [3.05, 3.63) is 29.6 Å². The normalized spacial score (nSPS) is 22.5. The zero-order chi connectivity index (χ0) is 15.2. The molecule has 0 bridgehead atoms. The maximum Gasteiger partial charge on any atom is 0.124 e. The van der Waals surface area contributed by atoms with E-state index in [9.17, 15) is 9.50 Å². The highest BCUT2D eigenvalue weighted by molar-refractivity contribution is 5.34. The Morgan fingerprint density at radius 2 is 2.10 bits per heavy atom. The molecule has 0 spiro atoms. The molecule has 2 atom stereocenters. The van der Waals surface area contributed by atoms with E-state index in [0.717, 1.165) is 37.8 Å². The van der Waals surface area contributed by atoms with Gasteiger partial charge in [0.25, 0.3) is 0 Å². The van der Waals surface area contributed by atoms with E-state index in [-0.39, 0.29) is 11.9 Å². The second-order valence-electron chi connectivity index (χ2n) is 6.28. The second kappa shape index (κ2) is 7.76. The van der Waals surface area contributed by atoms with Gasteiger partial charge in [-0.25, -0.2) is 4.39 Å². The molecular weight excluding hydrogens is 269 g/mol. The van der Waals surface area contributed by atoms with Crippen LogP contribution >= 0.6 is 0 Å². The predicted molar refractivity (Wildman–Crippen MR) is 81.8 cm³/mol. The summed E-state index contributed by atoms with van der Waals surface area (Å²) in [6.07, 6.45) is 3.18. The molecule has 0 heterocycles. The quantitative estimate of drug-likeness (QED) is 0.846. The number of benzene rings is 1. The number of nitrogens with one attached hydrogen (secondary N) is 1. The summed E-state index contributed by atoms with van der Waals surface area (Å²) in [5.74, 6) is 0.967. The van der Waals surface area contributed by atoms with Gasteiger partial charge in [-0.15, -0.1) is 0 Å². The molecule has 118 valence electrons. The molecule has 1 aromatic carbocycles. The predicted octanol–water partition coefficient (Wildman–Crippen LogP) is 3.25. The lowest BCUT2D eigenvalue weighted by Gasteiger charge is -2.29. The Bertz CT molecular complexity index is 450. The van der Waals surface area contributed by atoms with Gasteiger partial charge in [0, 0.05) is 12.1 Å². The van der Waals surface area contributed by atoms with Crippen LogP contribution in [0, 0.1) is 11.7 Å². The number of rotatable bonds is 6. The molecule has 1 aromatic rings. The Hall–Kier alpha value is -1.13. The van der Waals surface area contributed by atoms with E-state index < -0.39 is 6.10 Å². The van der Waals surface area contributed by atoms with Crippen LogP contribution in [0.15, 0.2) is 18.2 Å². The van der Waals surface area contributed by atoms with Gasteiger partial charge < -0.3 is 15.2 Å². The number of aliphatic hydroxyl groups is 1. The highest BCUT2D eigenvalue weighted by Gasteiger charge is 2.25. The Kier molecular flexibility index (Phi) is 6.00. The molecule has 0 radical (unpaired) electrons. The number of aliphatic hydroxyl groups excluding tert-OH is 1. The highest BCUT2D eigenvalue weighted by Crippen LogP contribution is 2.27. The van der Waals surface area contributed by atoms with Crippen LogP contribution in [0.3, 0.4) is 0 Å². The summed E-state index contributed by atoms with van der Waals surface area (Å²) in [6.45, 7) is 5.72. The largest absolute Gasteiger partial charge is 0.487 e. The van der Waals surface area contributed by atoms with Crippen LogP contribution in [0.2, 0.25) is 0 Å². The molecule has 1 saturated carbocycles. The summed E-state index contributed by atoms with van der Waals surface area (Å²) in [6, 6.07) is 4.59. The van der Waals surface area contributed by atoms with Crippen molar-refractivity contribution in [2.75, 3.05) is 6.54 Å². The van der Waals surface area contributed by atoms with E-state index in [1.54, 1.807) is 6.07 Å². The average Bonchev–Trinajstić information content (AvgIpc) is 2.43. The smallest absolute Gasteiger partial charge is 0.124 e. The van der Waals surface area contributed by atoms with Crippen molar-refractivity contribution in [3.8, 4) is 5.75 Å². The fraction of sp³-hybridized carbons (Fsp3) is 0.647. The van der Waals surface area contributed by atoms with E-state index >= 15 is 0 Å². The van der Waals surface area contributed by atoms with E-state index in [1.807, 2.05) is 0 Å². The first-order chi connectivity index (χ1) is 10.1. The van der Waals surface area contributed by atoms with Crippen molar-refractivity contribution in [3.63, 3.8) is 0 Å². The lowest BCUT2D eigenvalue weighted by Crippen LogP contribution is -2.35. The minimum Gasteiger partial charge on any atom is -0.487 e. The third-order valence-corrected chi connectivity index (χ3v) is 3.84. The number of halogens is 1. The lowest BCUT2D eigenvalue weighted by atomic mass is 9.95. The van der Waals surface area contributed by atoms with Gasteiger partial charge in [-0.2, -0.15) is 0 Å². The van der Waals surface area contributed by atoms with Crippen LogP contribution in [-0.4, -0.2) is 23.9 Å². The molecule has 0 aromatic heterocycles. The fourth-order valence-electron chi connectivity index (χ4n) is 2.67. The van der Waals surface area contributed by atoms with Crippen molar-refractivity contribution in [1.29, 1.82) is 0 Å². The molecule has 4 heteroatoms. The van der Waals surface area contributed by atoms with E-state index in [2.05, 4.69) is 19.2 Å². The van der Waals surface area contributed by atoms with Gasteiger partial charge in [-0.3, -0.25) is 0 Å². The first-order valence-electron chi connectivity index (χ1n) is 7.90. The first-order valence-corrected chi connectivity index (χ1v) is 7.90. The Balaban J connectivity index is 2.03. The van der Waals surface area contributed by atoms with E-state index in [0.29, 0.717) is 18.2 Å². The number of hydrogen-bond acceptors (Lipinski definition) is 3. The van der Waals surface area contributed by atoms with E-state index in [4.69, 9.17) is 4.74 Å². The Morgan fingerprint density at radius 1 is 1.33 bits per heavy atom. The van der Waals surface area contributed by atoms with Gasteiger partial charge in [-0.05, 0) is 49.9 Å². The van der Waals surface area contributed by atoms with Crippen LogP contribution in [0.4, 0.5) is 4.39 Å². The number of ether oxygens (including phenoxy) is 1. The van der Waals surface area contributed by atoms with Gasteiger partial charge in [0.2, 0.25) is 0 Å². The van der Waals surface area contributed by atoms with Crippen molar-refractivity contribution in [2.24, 2.45) is 5.92 Å². The summed E-state index contributed by atoms with van der Waals surface area (Å²) >= 11 is 0. The van der Waals surface area contributed by atoms with Crippen LogP contribution in [0.25, 0.3) is 0 Å². The molecule has 21 heavy (non-hydrogen) atoms. The zero-order valence-corrected chi connectivity index (χ0v) is 12.9. The monoisotopic (exact) mass is 295 g/mol. The van der Waals surface area contributed by atoms with E-state index in [1.165, 1.54) is 12.1 Å². The van der Waals surface area contributed by atoms with Crippen molar-refractivity contribution >= 4 is 0 Å². The molecule has 2 unspecified atom stereocenters. The third kappa shape index (κ3) is 4.97. The summed E-state index contributed by atoms with van der Waals surface area (Å²) in [7, 11) is 0. The maximum atomic E-state index is 13.5. The SMILES string of the molecule is CC(C)CNCc1cc(F)ccc1OC1CCCCC1O. The topological polar surface area (TPSA) is 41.5 Å². The molecule has 1 aliphatic carbocycles. The molecule has 1 aliphatic rings. The number of hydrogen-bond donors (Lipinski definition) is 2. The molecule has 3 nitrogen and oxygen atoms in total. The summed E-state index contributed by atoms with van der Waals surface area (Å²) in [5.41, 5.74) is 0.813. The fourth-order valence-corrected chi connectivity index (χ4v) is 2.67. The van der Waals surface area contributed by atoms with Crippen LogP contribution in [0.5, 0.6) is 5.75 Å². The zero-order valence-electron chi connectivity index (χ0n) is 12.9. The van der Waals surface area contributed by atoms with Gasteiger partial charge >= 0.3 is 0 Å². The van der Waals surface area contributed by atoms with Gasteiger partial charge in [-0.1, -0.05) is 20.3 Å². The molecule has 0 saturated heterocycles. The van der Waals surface area contributed by atoms with Crippen molar-refractivity contribution < 1.29 is 14.2 Å². The van der Waals surface area contributed by atoms with Crippen molar-refractivity contribution in [1.82, 2.24) is 5.32 Å². The van der Waals surface area contributed by atoms with Gasteiger partial charge in [0.05, 0.1) is 6.10 Å². The second-order valence-corrected chi connectivity index (χ2v) is 6.28. The van der Waals surface area contributed by atoms with Crippen molar-refractivity contribution in [2.45, 2.75) is 58.3 Å². The standard InChI is InChI=1S/C17H26FNO2/c1-12(2)10-19-11-13-9-14(18)7-8-16(13)21-17-6-4-3-5-15(17)20/h7-9,12,15,17,19-20H,3-6,10-11H2,1-2H3. The summed E-state index contributed by atoms with van der Waals surface area (Å²) in [5, 5.41) is 13.3. The third-order valence-electron chi connectivity index (χ3n) is 3.84. The molecule has 2 rings (SSSR count). The molecular formula is C17H26FNO2. The van der Waals surface area contributed by atoms with Crippen LogP contribution in [0.1, 0.15) is 45.1 Å². The Morgan fingerprint density at radius 3 is 2.81 bits per heavy atom. The first kappa shape index (κ1) is 16.2. The lowest BCUT2D eigenvalue weighted by molar-refractivity contribution is 0.00632. The molecule has 0 aliphatic heterocycles. The summed E-state index contributed by atoms with van der Waals surface area (Å²) < 4.78 is 19.4.